The number of hydrogen-bond acceptors (Lipinski definition) is 2. The van der Waals surface area contributed by atoms with Gasteiger partial charge >= 0.3 is 0 Å². The lowest BCUT2D eigenvalue weighted by molar-refractivity contribution is 0.673. The van der Waals surface area contributed by atoms with Gasteiger partial charge in [0.25, 0.3) is 0 Å². The summed E-state index contributed by atoms with van der Waals surface area (Å²) in [6.45, 7) is 2.80. The van der Waals surface area contributed by atoms with Crippen LogP contribution < -0.4 is 10.6 Å². The molecule has 2 aromatic rings. The van der Waals surface area contributed by atoms with Crippen LogP contribution >= 0.6 is 0 Å². The Balaban J connectivity index is 2.34. The largest absolute Gasteiger partial charge is 0.366 e. The van der Waals surface area contributed by atoms with E-state index in [9.17, 15) is 0 Å². The smallest absolute Gasteiger partial charge is 0.0664 e. The molecule has 0 spiro atoms. The van der Waals surface area contributed by atoms with Crippen molar-refractivity contribution in [2.45, 2.75) is 19.4 Å². The second-order valence-electron chi connectivity index (χ2n) is 4.75. The second-order valence-corrected chi connectivity index (χ2v) is 4.75. The normalized spacial score (nSPS) is 12.2. The molecule has 1 unspecified atom stereocenters. The highest BCUT2D eigenvalue weighted by Gasteiger charge is 2.17. The lowest BCUT2D eigenvalue weighted by Crippen LogP contribution is -2.31. The molecule has 0 aliphatic heterocycles. The number of aryl methyl sites for hydroxylation is 1. The molecule has 0 heterocycles. The Bertz CT molecular complexity index is 508. The van der Waals surface area contributed by atoms with E-state index >= 15 is 0 Å². The molecule has 19 heavy (non-hydrogen) atoms. The first-order valence-corrected chi connectivity index (χ1v) is 6.83. The van der Waals surface area contributed by atoms with Crippen LogP contribution in [0, 0.1) is 0 Å². The summed E-state index contributed by atoms with van der Waals surface area (Å²) in [5.41, 5.74) is 9.93. The number of likely N-dealkylation sites (N-methyl/N-ethyl adjacent to an activating group) is 1. The summed E-state index contributed by atoms with van der Waals surface area (Å²) in [5.74, 6) is 0. The molecule has 0 radical (unpaired) electrons. The lowest BCUT2D eigenvalue weighted by atomic mass is 9.97. The van der Waals surface area contributed by atoms with Crippen LogP contribution in [0.15, 0.2) is 54.6 Å². The molecule has 0 saturated carbocycles. The van der Waals surface area contributed by atoms with Crippen molar-refractivity contribution in [3.05, 3.63) is 65.7 Å². The van der Waals surface area contributed by atoms with E-state index in [1.165, 1.54) is 16.8 Å². The first-order chi connectivity index (χ1) is 9.27. The van der Waals surface area contributed by atoms with Crippen molar-refractivity contribution in [1.29, 1.82) is 0 Å². The van der Waals surface area contributed by atoms with Gasteiger partial charge in [-0.2, -0.15) is 0 Å². The fourth-order valence-corrected chi connectivity index (χ4v) is 2.52. The van der Waals surface area contributed by atoms with E-state index in [1.54, 1.807) is 0 Å². The van der Waals surface area contributed by atoms with Crippen molar-refractivity contribution < 1.29 is 0 Å². The van der Waals surface area contributed by atoms with Gasteiger partial charge in [0, 0.05) is 19.3 Å². The van der Waals surface area contributed by atoms with Gasteiger partial charge in [0.15, 0.2) is 0 Å². The van der Waals surface area contributed by atoms with Crippen molar-refractivity contribution in [3.8, 4) is 0 Å². The van der Waals surface area contributed by atoms with Crippen LogP contribution in [0.5, 0.6) is 0 Å². The molecule has 0 aliphatic carbocycles. The molecule has 0 aromatic heterocycles. The third-order valence-corrected chi connectivity index (χ3v) is 3.65. The van der Waals surface area contributed by atoms with E-state index in [-0.39, 0.29) is 6.04 Å². The van der Waals surface area contributed by atoms with Crippen LogP contribution in [0.25, 0.3) is 0 Å². The highest BCUT2D eigenvalue weighted by Crippen LogP contribution is 2.27. The summed E-state index contributed by atoms with van der Waals surface area (Å²) in [5, 5.41) is 0. The maximum atomic E-state index is 6.02. The van der Waals surface area contributed by atoms with Crippen molar-refractivity contribution in [2.24, 2.45) is 5.73 Å². The van der Waals surface area contributed by atoms with Gasteiger partial charge in [0.1, 0.15) is 0 Å². The van der Waals surface area contributed by atoms with Gasteiger partial charge in [-0.05, 0) is 29.7 Å². The number of para-hydroxylation sites is 1. The van der Waals surface area contributed by atoms with Crippen LogP contribution in [0.3, 0.4) is 0 Å². The molecule has 2 heteroatoms. The number of hydrogen-bond donors (Lipinski definition) is 1. The fourth-order valence-electron chi connectivity index (χ4n) is 2.52. The summed E-state index contributed by atoms with van der Waals surface area (Å²) in [7, 11) is 2.11. The highest BCUT2D eigenvalue weighted by atomic mass is 15.1. The van der Waals surface area contributed by atoms with Crippen LogP contribution in [-0.2, 0) is 6.42 Å². The average Bonchev–Trinajstić information content (AvgIpc) is 2.49. The average molecular weight is 254 g/mol. The van der Waals surface area contributed by atoms with Crippen molar-refractivity contribution in [2.75, 3.05) is 18.5 Å². The van der Waals surface area contributed by atoms with Crippen LogP contribution in [0.4, 0.5) is 5.69 Å². The first-order valence-electron chi connectivity index (χ1n) is 6.83. The van der Waals surface area contributed by atoms with Crippen molar-refractivity contribution >= 4 is 5.69 Å². The topological polar surface area (TPSA) is 29.3 Å². The summed E-state index contributed by atoms with van der Waals surface area (Å²) < 4.78 is 0. The van der Waals surface area contributed by atoms with Gasteiger partial charge in [-0.15, -0.1) is 0 Å². The molecule has 0 saturated heterocycles. The zero-order chi connectivity index (χ0) is 13.7. The second kappa shape index (κ2) is 6.39. The van der Waals surface area contributed by atoms with Gasteiger partial charge < -0.3 is 10.6 Å². The van der Waals surface area contributed by atoms with Crippen LogP contribution in [0.1, 0.15) is 24.1 Å². The van der Waals surface area contributed by atoms with Gasteiger partial charge in [-0.1, -0.05) is 49.4 Å². The van der Waals surface area contributed by atoms with E-state index in [0.29, 0.717) is 6.54 Å². The Kier molecular flexibility index (Phi) is 4.58. The molecule has 0 fully saturated rings. The van der Waals surface area contributed by atoms with Gasteiger partial charge in [-0.25, -0.2) is 0 Å². The third kappa shape index (κ3) is 2.96. The number of rotatable bonds is 5. The predicted molar refractivity (Wildman–Crippen MR) is 82.5 cm³/mol. The van der Waals surface area contributed by atoms with E-state index in [2.05, 4.69) is 67.4 Å². The van der Waals surface area contributed by atoms with Gasteiger partial charge in [0.05, 0.1) is 6.04 Å². The molecule has 1 atom stereocenters. The minimum absolute atomic E-state index is 0.221. The van der Waals surface area contributed by atoms with Crippen molar-refractivity contribution in [3.63, 3.8) is 0 Å². The molecule has 2 aromatic carbocycles. The minimum atomic E-state index is 0.221. The summed E-state index contributed by atoms with van der Waals surface area (Å²) in [6.07, 6.45) is 1.04. The van der Waals surface area contributed by atoms with E-state index in [0.717, 1.165) is 6.42 Å². The van der Waals surface area contributed by atoms with Crippen molar-refractivity contribution in [1.82, 2.24) is 0 Å². The zero-order valence-corrected chi connectivity index (χ0v) is 11.7. The Labute approximate surface area is 115 Å². The third-order valence-electron chi connectivity index (χ3n) is 3.65. The van der Waals surface area contributed by atoms with Crippen LogP contribution in [0.2, 0.25) is 0 Å². The van der Waals surface area contributed by atoms with E-state index in [1.807, 2.05) is 6.07 Å². The molecule has 0 bridgehead atoms. The Morgan fingerprint density at radius 2 is 1.63 bits per heavy atom. The maximum Gasteiger partial charge on any atom is 0.0664 e. The number of nitrogens with two attached hydrogens (primary N) is 1. The van der Waals surface area contributed by atoms with Crippen LogP contribution in [-0.4, -0.2) is 13.6 Å². The number of benzene rings is 2. The molecular weight excluding hydrogens is 232 g/mol. The maximum absolute atomic E-state index is 6.02. The molecule has 2 nitrogen and oxygen atoms in total. The Morgan fingerprint density at radius 3 is 2.26 bits per heavy atom. The number of nitrogens with zero attached hydrogens (tertiary/aromatic N) is 1. The molecule has 0 aliphatic rings. The standard InChI is InChI=1S/C17H22N2/c1-3-14-9-7-8-12-16(14)17(13-18)19(2)15-10-5-4-6-11-15/h4-12,17H,3,13,18H2,1-2H3. The van der Waals surface area contributed by atoms with Gasteiger partial charge in [0.2, 0.25) is 0 Å². The van der Waals surface area contributed by atoms with E-state index in [4.69, 9.17) is 5.73 Å². The molecule has 0 amide bonds. The summed E-state index contributed by atoms with van der Waals surface area (Å²) >= 11 is 0. The predicted octanol–water partition coefficient (Wildman–Crippen LogP) is 3.39. The Hall–Kier alpha value is -1.80. The van der Waals surface area contributed by atoms with Gasteiger partial charge in [-0.3, -0.25) is 0 Å². The first kappa shape index (κ1) is 13.6. The molecule has 2 N–H and O–H groups in total. The molecule has 2 rings (SSSR count). The SMILES string of the molecule is CCc1ccccc1C(CN)N(C)c1ccccc1. The Morgan fingerprint density at radius 1 is 1.00 bits per heavy atom. The fraction of sp³-hybridized carbons (Fsp3) is 0.294. The summed E-state index contributed by atoms with van der Waals surface area (Å²) in [6, 6.07) is 19.2. The highest BCUT2D eigenvalue weighted by molar-refractivity contribution is 5.49. The number of anilines is 1. The molecular formula is C17H22N2. The lowest BCUT2D eigenvalue weighted by Gasteiger charge is -2.31. The summed E-state index contributed by atoms with van der Waals surface area (Å²) in [4.78, 5) is 2.26. The van der Waals surface area contributed by atoms with E-state index < -0.39 is 0 Å². The monoisotopic (exact) mass is 254 g/mol. The quantitative estimate of drug-likeness (QED) is 0.886. The zero-order valence-electron chi connectivity index (χ0n) is 11.7. The molecule has 100 valence electrons. The minimum Gasteiger partial charge on any atom is -0.366 e.